The van der Waals surface area contributed by atoms with Gasteiger partial charge in [-0.25, -0.2) is 4.98 Å². The maximum atomic E-state index is 11.3. The van der Waals surface area contributed by atoms with E-state index in [1.54, 1.807) is 0 Å². The van der Waals surface area contributed by atoms with Gasteiger partial charge in [-0.15, -0.1) is 0 Å². The first-order chi connectivity index (χ1) is 13.2. The second-order valence-corrected chi connectivity index (χ2v) is 8.68. The van der Waals surface area contributed by atoms with Crippen LogP contribution in [0.3, 0.4) is 0 Å². The lowest BCUT2D eigenvalue weighted by molar-refractivity contribution is 0.0754. The van der Waals surface area contributed by atoms with Gasteiger partial charge in [0.05, 0.1) is 29.8 Å². The Morgan fingerprint density at radius 1 is 0.926 bits per heavy atom. The van der Waals surface area contributed by atoms with Gasteiger partial charge in [-0.1, -0.05) is 29.8 Å². The number of halogens is 1. The number of benzene rings is 1. The Morgan fingerprint density at radius 2 is 1.63 bits per heavy atom. The lowest BCUT2D eigenvalue weighted by Gasteiger charge is -2.33. The summed E-state index contributed by atoms with van der Waals surface area (Å²) >= 11 is 6.03. The zero-order valence-corrected chi connectivity index (χ0v) is 16.1. The lowest BCUT2D eigenvalue weighted by Crippen LogP contribution is -2.22. The minimum absolute atomic E-state index is 0.319. The van der Waals surface area contributed by atoms with Crippen LogP contribution in [-0.2, 0) is 0 Å². The predicted octanol–water partition coefficient (Wildman–Crippen LogP) is 5.87. The Bertz CT molecular complexity index is 937. The first-order valence-corrected chi connectivity index (χ1v) is 10.5. The van der Waals surface area contributed by atoms with Crippen LogP contribution in [0.1, 0.15) is 73.3 Å². The largest absolute Gasteiger partial charge is 0.387 e. The molecule has 2 saturated carbocycles. The third-order valence-corrected chi connectivity index (χ3v) is 6.77. The van der Waals surface area contributed by atoms with E-state index < -0.39 is 6.10 Å². The highest BCUT2D eigenvalue weighted by Gasteiger charge is 2.34. The zero-order valence-electron chi connectivity index (χ0n) is 15.4. The van der Waals surface area contributed by atoms with Crippen molar-refractivity contribution in [3.05, 3.63) is 70.8 Å². The van der Waals surface area contributed by atoms with Gasteiger partial charge in [0.2, 0.25) is 0 Å². The van der Waals surface area contributed by atoms with Crippen LogP contribution in [-0.4, -0.2) is 14.5 Å². The van der Waals surface area contributed by atoms with E-state index in [9.17, 15) is 5.11 Å². The molecule has 3 nitrogen and oxygen atoms in total. The molecule has 2 heterocycles. The smallest absolute Gasteiger partial charge is 0.0995 e. The first kappa shape index (κ1) is 17.3. The van der Waals surface area contributed by atoms with E-state index in [0.29, 0.717) is 17.8 Å². The van der Waals surface area contributed by atoms with Crippen molar-refractivity contribution in [2.24, 2.45) is 5.92 Å². The van der Waals surface area contributed by atoms with Gasteiger partial charge in [-0.2, -0.15) is 0 Å². The van der Waals surface area contributed by atoms with E-state index in [-0.39, 0.29) is 0 Å². The van der Waals surface area contributed by atoms with Crippen molar-refractivity contribution in [3.8, 4) is 0 Å². The van der Waals surface area contributed by atoms with E-state index in [2.05, 4.69) is 33.7 Å². The topological polar surface area (TPSA) is 37.5 Å². The molecular formula is C23H25ClN2O. The SMILES string of the molecule is O[C@H](c1c(C2CC2)ccc2cncn12)C1CCC(c2ccc(Cl)cc2)CC1. The summed E-state index contributed by atoms with van der Waals surface area (Å²) in [4.78, 5) is 4.31. The number of aliphatic hydroxyl groups excluding tert-OH is 1. The van der Waals surface area contributed by atoms with Crippen molar-refractivity contribution in [2.45, 2.75) is 56.5 Å². The first-order valence-electron chi connectivity index (χ1n) is 10.1. The molecule has 1 aromatic carbocycles. The number of pyridine rings is 1. The quantitative estimate of drug-likeness (QED) is 0.614. The van der Waals surface area contributed by atoms with E-state index in [0.717, 1.165) is 41.9 Å². The van der Waals surface area contributed by atoms with Crippen molar-refractivity contribution >= 4 is 17.1 Å². The standard InChI is InChI=1S/C23H25ClN2O/c24-19-9-7-16(8-10-19)15-1-5-18(6-2-15)23(27)22-21(17-3-4-17)12-11-20-13-25-14-26(20)22/h7-15,17-18,23,27H,1-6H2/t15?,18?,23-/m0/s1. The van der Waals surface area contributed by atoms with Crippen molar-refractivity contribution in [1.29, 1.82) is 0 Å². The van der Waals surface area contributed by atoms with Gasteiger partial charge in [-0.3, -0.25) is 0 Å². The van der Waals surface area contributed by atoms with Crippen LogP contribution in [0.4, 0.5) is 0 Å². The van der Waals surface area contributed by atoms with Crippen molar-refractivity contribution < 1.29 is 5.11 Å². The summed E-state index contributed by atoms with van der Waals surface area (Å²) in [7, 11) is 0. The molecule has 0 amide bonds. The van der Waals surface area contributed by atoms with Crippen LogP contribution in [0.15, 0.2) is 48.9 Å². The van der Waals surface area contributed by atoms with E-state index in [1.807, 2.05) is 24.7 Å². The second kappa shape index (κ2) is 6.96. The van der Waals surface area contributed by atoms with Gasteiger partial charge >= 0.3 is 0 Å². The van der Waals surface area contributed by atoms with E-state index in [1.165, 1.54) is 24.0 Å². The van der Waals surface area contributed by atoms with Gasteiger partial charge in [0.1, 0.15) is 0 Å². The zero-order chi connectivity index (χ0) is 18.4. The number of rotatable bonds is 4. The Kier molecular flexibility index (Phi) is 4.45. The number of hydrogen-bond donors (Lipinski definition) is 1. The molecule has 0 radical (unpaired) electrons. The molecule has 0 aliphatic heterocycles. The van der Waals surface area contributed by atoms with Crippen LogP contribution in [0, 0.1) is 5.92 Å². The van der Waals surface area contributed by atoms with Gasteiger partial charge in [0.15, 0.2) is 0 Å². The molecule has 1 atom stereocenters. The number of fused-ring (bicyclic) bond motifs is 1. The molecule has 2 aliphatic rings. The highest BCUT2D eigenvalue weighted by Crippen LogP contribution is 2.47. The summed E-state index contributed by atoms with van der Waals surface area (Å²) in [5.41, 5.74) is 4.86. The fourth-order valence-electron chi connectivity index (χ4n) is 4.81. The summed E-state index contributed by atoms with van der Waals surface area (Å²) in [6.45, 7) is 0. The fourth-order valence-corrected chi connectivity index (χ4v) is 4.93. The third kappa shape index (κ3) is 3.28. The van der Waals surface area contributed by atoms with Gasteiger partial charge < -0.3 is 9.51 Å². The molecule has 1 N–H and O–H groups in total. The van der Waals surface area contributed by atoms with E-state index >= 15 is 0 Å². The maximum Gasteiger partial charge on any atom is 0.0995 e. The van der Waals surface area contributed by atoms with E-state index in [4.69, 9.17) is 11.6 Å². The highest BCUT2D eigenvalue weighted by molar-refractivity contribution is 6.30. The average Bonchev–Trinajstić information content (AvgIpc) is 3.44. The minimum Gasteiger partial charge on any atom is -0.387 e. The molecule has 0 unspecified atom stereocenters. The van der Waals surface area contributed by atoms with Crippen LogP contribution in [0.2, 0.25) is 5.02 Å². The number of nitrogens with zero attached hydrogens (tertiary/aromatic N) is 2. The summed E-state index contributed by atoms with van der Waals surface area (Å²) < 4.78 is 2.11. The normalized spacial score (nSPS) is 24.2. The summed E-state index contributed by atoms with van der Waals surface area (Å²) in [5, 5.41) is 12.1. The summed E-state index contributed by atoms with van der Waals surface area (Å²) in [6, 6.07) is 12.6. The Morgan fingerprint density at radius 3 is 2.33 bits per heavy atom. The molecule has 2 fully saturated rings. The molecule has 0 spiro atoms. The molecule has 2 aliphatic carbocycles. The summed E-state index contributed by atoms with van der Waals surface area (Å²) in [6.07, 6.45) is 10.2. The number of aromatic nitrogens is 2. The molecule has 0 bridgehead atoms. The molecular weight excluding hydrogens is 356 g/mol. The monoisotopic (exact) mass is 380 g/mol. The number of hydrogen-bond acceptors (Lipinski definition) is 2. The molecule has 140 valence electrons. The average molecular weight is 381 g/mol. The van der Waals surface area contributed by atoms with Crippen LogP contribution < -0.4 is 0 Å². The van der Waals surface area contributed by atoms with Crippen molar-refractivity contribution in [1.82, 2.24) is 9.38 Å². The highest BCUT2D eigenvalue weighted by atomic mass is 35.5. The minimum atomic E-state index is -0.412. The molecule has 4 heteroatoms. The van der Waals surface area contributed by atoms with Crippen LogP contribution in [0.25, 0.3) is 5.52 Å². The second-order valence-electron chi connectivity index (χ2n) is 8.24. The Labute approximate surface area is 165 Å². The van der Waals surface area contributed by atoms with Gasteiger partial charge in [0, 0.05) is 5.02 Å². The van der Waals surface area contributed by atoms with Crippen molar-refractivity contribution in [2.75, 3.05) is 0 Å². The fraction of sp³-hybridized carbons (Fsp3) is 0.435. The summed E-state index contributed by atoms with van der Waals surface area (Å²) in [5.74, 6) is 1.52. The maximum absolute atomic E-state index is 11.3. The lowest BCUT2D eigenvalue weighted by atomic mass is 9.75. The molecule has 5 rings (SSSR count). The number of aliphatic hydroxyl groups is 1. The van der Waals surface area contributed by atoms with Crippen molar-refractivity contribution in [3.63, 3.8) is 0 Å². The van der Waals surface area contributed by atoms with Gasteiger partial charge in [-0.05, 0) is 85.6 Å². The van der Waals surface area contributed by atoms with Crippen LogP contribution in [0.5, 0.6) is 0 Å². The molecule has 0 saturated heterocycles. The molecule has 3 aromatic rings. The third-order valence-electron chi connectivity index (χ3n) is 6.51. The molecule has 27 heavy (non-hydrogen) atoms. The molecule has 2 aromatic heterocycles. The Balaban J connectivity index is 1.37. The van der Waals surface area contributed by atoms with Crippen LogP contribution >= 0.6 is 11.6 Å². The Hall–Kier alpha value is -1.84. The van der Waals surface area contributed by atoms with Gasteiger partial charge in [0.25, 0.3) is 0 Å². The number of imidazole rings is 1. The predicted molar refractivity (Wildman–Crippen MR) is 108 cm³/mol.